The lowest BCUT2D eigenvalue weighted by molar-refractivity contribution is 0.617. The van der Waals surface area contributed by atoms with Gasteiger partial charge in [-0.05, 0) is 38.5 Å². The summed E-state index contributed by atoms with van der Waals surface area (Å²) in [6.07, 6.45) is 5.30. The highest BCUT2D eigenvalue weighted by atomic mass is 35.5. The Morgan fingerprint density at radius 2 is 1.94 bits per heavy atom. The minimum atomic E-state index is -0.226. The molecule has 0 bridgehead atoms. The van der Waals surface area contributed by atoms with E-state index in [-0.39, 0.29) is 6.04 Å². The predicted octanol–water partition coefficient (Wildman–Crippen LogP) is 5.27. The lowest BCUT2D eigenvalue weighted by Crippen LogP contribution is -2.18. The van der Waals surface area contributed by atoms with E-state index in [9.17, 15) is 0 Å². The number of nitrogens with zero attached hydrogens (tertiary/aromatic N) is 6. The molecule has 4 aromatic rings. The van der Waals surface area contributed by atoms with Gasteiger partial charge in [-0.1, -0.05) is 30.3 Å². The highest BCUT2D eigenvalue weighted by Gasteiger charge is 2.31. The molecule has 0 saturated heterocycles. The van der Waals surface area contributed by atoms with Crippen LogP contribution in [-0.4, -0.2) is 36.6 Å². The molecule has 35 heavy (non-hydrogen) atoms. The Kier molecular flexibility index (Phi) is 6.34. The zero-order valence-electron chi connectivity index (χ0n) is 20.3. The van der Waals surface area contributed by atoms with Crippen molar-refractivity contribution in [2.45, 2.75) is 39.7 Å². The fourth-order valence-corrected chi connectivity index (χ4v) is 5.74. The Labute approximate surface area is 214 Å². The maximum absolute atomic E-state index is 6.20. The molecule has 1 atom stereocenters. The number of halogens is 1. The molecule has 0 amide bonds. The van der Waals surface area contributed by atoms with Gasteiger partial charge in [-0.25, -0.2) is 4.98 Å². The summed E-state index contributed by atoms with van der Waals surface area (Å²) >= 11 is 7.96. The van der Waals surface area contributed by atoms with Gasteiger partial charge in [0.25, 0.3) is 0 Å². The van der Waals surface area contributed by atoms with Crippen molar-refractivity contribution in [3.05, 3.63) is 93.0 Å². The number of fused-ring (bicyclic) bond motifs is 3. The van der Waals surface area contributed by atoms with Crippen LogP contribution >= 0.6 is 22.9 Å². The van der Waals surface area contributed by atoms with Crippen LogP contribution < -0.4 is 5.32 Å². The normalized spacial score (nSPS) is 14.8. The average Bonchev–Trinajstić information content (AvgIpc) is 3.47. The topological polar surface area (TPSA) is 72.9 Å². The lowest BCUT2D eigenvalue weighted by Gasteiger charge is -2.16. The van der Waals surface area contributed by atoms with Gasteiger partial charge in [0.2, 0.25) is 0 Å². The number of imidazole rings is 1. The number of thiophene rings is 1. The molecule has 9 heteroatoms. The first kappa shape index (κ1) is 23.5. The van der Waals surface area contributed by atoms with Crippen LogP contribution in [0.1, 0.15) is 51.4 Å². The van der Waals surface area contributed by atoms with Crippen LogP contribution in [0.25, 0.3) is 5.00 Å². The highest BCUT2D eigenvalue weighted by Crippen LogP contribution is 2.40. The first-order valence-electron chi connectivity index (χ1n) is 11.6. The standard InChI is InChI=1S/C26H28ClN7S/c1-15(28-11-10-21-13-33(5)14-29-21)12-22-25-32-31-18(4)34(25)26-23(16(2)17(3)35-26)24(30-22)19-6-8-20(27)9-7-19/h6-9,13-14,22,28H,1,10-12H2,2-5H3. The van der Waals surface area contributed by atoms with Crippen molar-refractivity contribution in [1.82, 2.24) is 29.6 Å². The van der Waals surface area contributed by atoms with E-state index in [1.165, 1.54) is 10.4 Å². The highest BCUT2D eigenvalue weighted by molar-refractivity contribution is 7.15. The van der Waals surface area contributed by atoms with E-state index in [0.29, 0.717) is 11.4 Å². The van der Waals surface area contributed by atoms with Gasteiger partial charge in [-0.3, -0.25) is 9.56 Å². The summed E-state index contributed by atoms with van der Waals surface area (Å²) in [7, 11) is 1.98. The summed E-state index contributed by atoms with van der Waals surface area (Å²) < 4.78 is 4.12. The Morgan fingerprint density at radius 3 is 2.66 bits per heavy atom. The molecule has 0 aliphatic carbocycles. The van der Waals surface area contributed by atoms with Gasteiger partial charge in [-0.2, -0.15) is 0 Å². The zero-order chi connectivity index (χ0) is 24.7. The maximum Gasteiger partial charge on any atom is 0.163 e. The third kappa shape index (κ3) is 4.56. The number of nitrogens with one attached hydrogen (secondary N) is 1. The minimum Gasteiger partial charge on any atom is -0.388 e. The van der Waals surface area contributed by atoms with Crippen molar-refractivity contribution in [1.29, 1.82) is 0 Å². The van der Waals surface area contributed by atoms with Crippen molar-refractivity contribution in [3.63, 3.8) is 0 Å². The molecule has 180 valence electrons. The minimum absolute atomic E-state index is 0.226. The molecule has 1 unspecified atom stereocenters. The lowest BCUT2D eigenvalue weighted by atomic mass is 9.99. The predicted molar refractivity (Wildman–Crippen MR) is 142 cm³/mol. The van der Waals surface area contributed by atoms with E-state index < -0.39 is 0 Å². The molecular weight excluding hydrogens is 478 g/mol. The quantitative estimate of drug-likeness (QED) is 0.371. The van der Waals surface area contributed by atoms with Crippen LogP contribution in [0.3, 0.4) is 0 Å². The van der Waals surface area contributed by atoms with E-state index in [1.54, 1.807) is 11.3 Å². The fraction of sp³-hybridized carbons (Fsp3) is 0.308. The summed E-state index contributed by atoms with van der Waals surface area (Å²) in [6, 6.07) is 7.67. The smallest absolute Gasteiger partial charge is 0.163 e. The van der Waals surface area contributed by atoms with Gasteiger partial charge in [0.15, 0.2) is 5.82 Å². The molecule has 3 aromatic heterocycles. The van der Waals surface area contributed by atoms with Crippen LogP contribution in [0.15, 0.2) is 54.1 Å². The van der Waals surface area contributed by atoms with Gasteiger partial charge >= 0.3 is 0 Å². The van der Waals surface area contributed by atoms with Crippen molar-refractivity contribution >= 4 is 28.6 Å². The summed E-state index contributed by atoms with van der Waals surface area (Å²) in [5, 5.41) is 14.3. The number of rotatable bonds is 7. The van der Waals surface area contributed by atoms with E-state index in [2.05, 4.69) is 45.5 Å². The first-order valence-corrected chi connectivity index (χ1v) is 12.8. The average molecular weight is 506 g/mol. The molecule has 1 aromatic carbocycles. The number of aryl methyl sites for hydroxylation is 3. The van der Waals surface area contributed by atoms with Gasteiger partial charge in [-0.15, -0.1) is 21.5 Å². The van der Waals surface area contributed by atoms with Crippen LogP contribution in [-0.2, 0) is 13.5 Å². The Hall–Kier alpha value is -3.23. The first-order chi connectivity index (χ1) is 16.8. The van der Waals surface area contributed by atoms with Gasteiger partial charge in [0, 0.05) is 59.4 Å². The molecule has 0 spiro atoms. The molecule has 7 nitrogen and oxygen atoms in total. The summed E-state index contributed by atoms with van der Waals surface area (Å²) in [5.74, 6) is 1.69. The second-order valence-electron chi connectivity index (χ2n) is 8.92. The molecular formula is C26H28ClN7S. The molecule has 1 aliphatic rings. The molecule has 5 rings (SSSR count). The number of aliphatic imine (C=N–C) groups is 1. The van der Waals surface area contributed by atoms with E-state index >= 15 is 0 Å². The third-order valence-corrected chi connectivity index (χ3v) is 7.76. The number of hydrogen-bond acceptors (Lipinski definition) is 6. The molecule has 0 saturated carbocycles. The van der Waals surface area contributed by atoms with Crippen LogP contribution in [0.5, 0.6) is 0 Å². The largest absolute Gasteiger partial charge is 0.388 e. The number of hydrogen-bond donors (Lipinski definition) is 1. The fourth-order valence-electron chi connectivity index (χ4n) is 4.40. The zero-order valence-corrected chi connectivity index (χ0v) is 21.9. The van der Waals surface area contributed by atoms with Crippen molar-refractivity contribution in [3.8, 4) is 5.00 Å². The van der Waals surface area contributed by atoms with E-state index in [4.69, 9.17) is 16.6 Å². The summed E-state index contributed by atoms with van der Waals surface area (Å²) in [4.78, 5) is 11.0. The van der Waals surface area contributed by atoms with Crippen LogP contribution in [0.2, 0.25) is 5.02 Å². The Balaban J connectivity index is 1.50. The van der Waals surface area contributed by atoms with Crippen LogP contribution in [0.4, 0.5) is 0 Å². The second-order valence-corrected chi connectivity index (χ2v) is 10.6. The van der Waals surface area contributed by atoms with E-state index in [0.717, 1.165) is 57.8 Å². The molecule has 0 fully saturated rings. The summed E-state index contributed by atoms with van der Waals surface area (Å²) in [6.45, 7) is 11.4. The molecule has 1 aliphatic heterocycles. The van der Waals surface area contributed by atoms with Gasteiger partial charge in [0.1, 0.15) is 16.9 Å². The Morgan fingerprint density at radius 1 is 1.17 bits per heavy atom. The number of aromatic nitrogens is 5. The molecule has 0 radical (unpaired) electrons. The van der Waals surface area contributed by atoms with Crippen LogP contribution in [0, 0.1) is 20.8 Å². The number of benzene rings is 1. The summed E-state index contributed by atoms with van der Waals surface area (Å²) in [5.41, 5.74) is 6.31. The van der Waals surface area contributed by atoms with Crippen molar-refractivity contribution < 1.29 is 0 Å². The SMILES string of the molecule is C=C(CC1N=C(c2ccc(Cl)cc2)c2c(sc(C)c2C)-n2c(C)nnc21)NCCc1cn(C)cn1. The monoisotopic (exact) mass is 505 g/mol. The third-order valence-electron chi connectivity index (χ3n) is 6.31. The maximum atomic E-state index is 6.20. The van der Waals surface area contributed by atoms with Gasteiger partial charge < -0.3 is 9.88 Å². The van der Waals surface area contributed by atoms with Crippen molar-refractivity contribution in [2.75, 3.05) is 6.54 Å². The second kappa shape index (κ2) is 9.43. The van der Waals surface area contributed by atoms with Crippen molar-refractivity contribution in [2.24, 2.45) is 12.0 Å². The van der Waals surface area contributed by atoms with E-state index in [1.807, 2.05) is 55.3 Å². The van der Waals surface area contributed by atoms with Gasteiger partial charge in [0.05, 0.1) is 17.7 Å². The Bertz CT molecular complexity index is 1420. The molecule has 4 heterocycles. The molecule has 1 N–H and O–H groups in total.